The van der Waals surface area contributed by atoms with Crippen molar-refractivity contribution in [1.82, 2.24) is 10.2 Å². The molecule has 110 valence electrons. The maximum absolute atomic E-state index is 11.9. The zero-order valence-corrected chi connectivity index (χ0v) is 11.2. The minimum Gasteiger partial charge on any atom is -0.481 e. The van der Waals surface area contributed by atoms with E-state index in [-0.39, 0.29) is 18.7 Å². The summed E-state index contributed by atoms with van der Waals surface area (Å²) in [5, 5.41) is 20.6. The zero-order valence-electron chi connectivity index (χ0n) is 11.2. The Morgan fingerprint density at radius 1 is 1.53 bits per heavy atom. The maximum Gasteiger partial charge on any atom is 0.317 e. The molecule has 2 unspecified atom stereocenters. The monoisotopic (exact) mass is 274 g/mol. The molecule has 0 saturated carbocycles. The van der Waals surface area contributed by atoms with Gasteiger partial charge in [0.15, 0.2) is 0 Å². The second-order valence-corrected chi connectivity index (χ2v) is 4.72. The lowest BCUT2D eigenvalue weighted by Crippen LogP contribution is -2.54. The number of hydrogen-bond donors (Lipinski definition) is 3. The van der Waals surface area contributed by atoms with Crippen LogP contribution in [0.3, 0.4) is 0 Å². The first-order valence-electron chi connectivity index (χ1n) is 6.52. The van der Waals surface area contributed by atoms with Crippen molar-refractivity contribution in [1.29, 1.82) is 0 Å². The molecule has 0 aromatic rings. The number of aliphatic carboxylic acids is 1. The number of aliphatic hydroxyl groups excluding tert-OH is 1. The number of nitrogens with zero attached hydrogens (tertiary/aromatic N) is 1. The number of carboxylic acids is 1. The lowest BCUT2D eigenvalue weighted by atomic mass is 10.1. The highest BCUT2D eigenvalue weighted by Crippen LogP contribution is 2.07. The van der Waals surface area contributed by atoms with Crippen LogP contribution in [-0.2, 0) is 9.53 Å². The Kier molecular flexibility index (Phi) is 6.58. The minimum atomic E-state index is -0.820. The molecule has 0 aromatic carbocycles. The number of carbonyl (C=O) groups excluding carboxylic acids is 1. The molecule has 0 bridgehead atoms. The Balaban J connectivity index is 2.24. The molecule has 1 heterocycles. The van der Waals surface area contributed by atoms with Crippen molar-refractivity contribution in [2.24, 2.45) is 5.92 Å². The van der Waals surface area contributed by atoms with Gasteiger partial charge >= 0.3 is 12.0 Å². The molecule has 2 amide bonds. The van der Waals surface area contributed by atoms with Crippen molar-refractivity contribution in [3.05, 3.63) is 0 Å². The van der Waals surface area contributed by atoms with Gasteiger partial charge in [0.05, 0.1) is 31.8 Å². The molecule has 2 atom stereocenters. The molecule has 0 aliphatic carbocycles. The number of morpholine rings is 1. The van der Waals surface area contributed by atoms with Gasteiger partial charge in [-0.3, -0.25) is 4.79 Å². The van der Waals surface area contributed by atoms with Gasteiger partial charge in [0.1, 0.15) is 0 Å². The van der Waals surface area contributed by atoms with Gasteiger partial charge in [-0.15, -0.1) is 0 Å². The Morgan fingerprint density at radius 2 is 2.26 bits per heavy atom. The summed E-state index contributed by atoms with van der Waals surface area (Å²) >= 11 is 0. The Bertz CT molecular complexity index is 310. The molecule has 7 nitrogen and oxygen atoms in total. The van der Waals surface area contributed by atoms with Crippen molar-refractivity contribution < 1.29 is 24.5 Å². The topological polar surface area (TPSA) is 99.1 Å². The Hall–Kier alpha value is -1.34. The van der Waals surface area contributed by atoms with Crippen LogP contribution in [0, 0.1) is 5.92 Å². The standard InChI is InChI=1S/C12H22N2O5/c1-9(11(16)17)3-2-4-13-12(18)14-5-6-19-8-10(14)7-15/h9-10,15H,2-8H2,1H3,(H,13,18)(H,16,17). The minimum absolute atomic E-state index is 0.122. The molecule has 7 heteroatoms. The Morgan fingerprint density at radius 3 is 2.89 bits per heavy atom. The van der Waals surface area contributed by atoms with Crippen molar-refractivity contribution >= 4 is 12.0 Å². The number of aliphatic hydroxyl groups is 1. The first-order chi connectivity index (χ1) is 9.06. The smallest absolute Gasteiger partial charge is 0.317 e. The first-order valence-corrected chi connectivity index (χ1v) is 6.52. The molecular formula is C12H22N2O5. The fraction of sp³-hybridized carbons (Fsp3) is 0.833. The molecule has 1 fully saturated rings. The van der Waals surface area contributed by atoms with Gasteiger partial charge in [-0.25, -0.2) is 4.79 Å². The van der Waals surface area contributed by atoms with E-state index in [9.17, 15) is 9.59 Å². The van der Waals surface area contributed by atoms with Crippen LogP contribution in [0.15, 0.2) is 0 Å². The van der Waals surface area contributed by atoms with Crippen LogP contribution < -0.4 is 5.32 Å². The lowest BCUT2D eigenvalue weighted by molar-refractivity contribution is -0.141. The fourth-order valence-corrected chi connectivity index (χ4v) is 1.90. The summed E-state index contributed by atoms with van der Waals surface area (Å²) in [6, 6.07) is -0.531. The summed E-state index contributed by atoms with van der Waals surface area (Å²) in [6.45, 7) is 3.24. The number of ether oxygens (including phenoxy) is 1. The predicted octanol–water partition coefficient (Wildman–Crippen LogP) is -0.110. The molecule has 1 saturated heterocycles. The quantitative estimate of drug-likeness (QED) is 0.587. The fourth-order valence-electron chi connectivity index (χ4n) is 1.90. The summed E-state index contributed by atoms with van der Waals surface area (Å²) < 4.78 is 5.19. The van der Waals surface area contributed by atoms with Crippen molar-refractivity contribution in [3.8, 4) is 0 Å². The SMILES string of the molecule is CC(CCCNC(=O)N1CCOCC1CO)C(=O)O. The number of carbonyl (C=O) groups is 2. The molecule has 0 aromatic heterocycles. The van der Waals surface area contributed by atoms with E-state index in [1.54, 1.807) is 11.8 Å². The Labute approximate surface area is 112 Å². The van der Waals surface area contributed by atoms with E-state index < -0.39 is 11.9 Å². The van der Waals surface area contributed by atoms with E-state index in [4.69, 9.17) is 14.9 Å². The molecule has 0 spiro atoms. The average Bonchev–Trinajstić information content (AvgIpc) is 2.42. The third-order valence-electron chi connectivity index (χ3n) is 3.21. The summed E-state index contributed by atoms with van der Waals surface area (Å²) in [5.41, 5.74) is 0. The second kappa shape index (κ2) is 7.96. The van der Waals surface area contributed by atoms with Crippen LogP contribution in [0.25, 0.3) is 0 Å². The van der Waals surface area contributed by atoms with Gasteiger partial charge in [-0.05, 0) is 12.8 Å². The number of amides is 2. The summed E-state index contributed by atoms with van der Waals surface area (Å²) in [7, 11) is 0. The predicted molar refractivity (Wildman–Crippen MR) is 67.8 cm³/mol. The average molecular weight is 274 g/mol. The van der Waals surface area contributed by atoms with Crippen molar-refractivity contribution in [3.63, 3.8) is 0 Å². The van der Waals surface area contributed by atoms with Gasteiger partial charge in [0.2, 0.25) is 0 Å². The number of nitrogens with one attached hydrogen (secondary N) is 1. The van der Waals surface area contributed by atoms with Crippen LogP contribution in [0.4, 0.5) is 4.79 Å². The number of urea groups is 1. The third-order valence-corrected chi connectivity index (χ3v) is 3.21. The number of carboxylic acid groups (broad SMARTS) is 1. The molecule has 1 rings (SSSR count). The highest BCUT2D eigenvalue weighted by molar-refractivity contribution is 5.74. The van der Waals surface area contributed by atoms with E-state index in [2.05, 4.69) is 5.32 Å². The lowest BCUT2D eigenvalue weighted by Gasteiger charge is -2.34. The highest BCUT2D eigenvalue weighted by atomic mass is 16.5. The van der Waals surface area contributed by atoms with Gasteiger partial charge < -0.3 is 25.2 Å². The van der Waals surface area contributed by atoms with E-state index in [1.807, 2.05) is 0 Å². The van der Waals surface area contributed by atoms with Gasteiger partial charge in [0.25, 0.3) is 0 Å². The summed E-state index contributed by atoms with van der Waals surface area (Å²) in [4.78, 5) is 24.1. The van der Waals surface area contributed by atoms with Crippen LogP contribution >= 0.6 is 0 Å². The highest BCUT2D eigenvalue weighted by Gasteiger charge is 2.26. The summed E-state index contributed by atoms with van der Waals surface area (Å²) in [6.07, 6.45) is 1.15. The van der Waals surface area contributed by atoms with Crippen LogP contribution in [0.5, 0.6) is 0 Å². The maximum atomic E-state index is 11.9. The second-order valence-electron chi connectivity index (χ2n) is 4.72. The normalized spacial score (nSPS) is 20.9. The zero-order chi connectivity index (χ0) is 14.3. The third kappa shape index (κ3) is 5.04. The molecular weight excluding hydrogens is 252 g/mol. The molecule has 19 heavy (non-hydrogen) atoms. The largest absolute Gasteiger partial charge is 0.481 e. The molecule has 0 radical (unpaired) electrons. The first kappa shape index (κ1) is 15.7. The van der Waals surface area contributed by atoms with E-state index >= 15 is 0 Å². The van der Waals surface area contributed by atoms with Gasteiger partial charge in [0, 0.05) is 13.1 Å². The molecule has 1 aliphatic heterocycles. The van der Waals surface area contributed by atoms with Crippen LogP contribution in [-0.4, -0.2) is 66.1 Å². The van der Waals surface area contributed by atoms with Crippen LogP contribution in [0.2, 0.25) is 0 Å². The summed E-state index contributed by atoms with van der Waals surface area (Å²) in [5.74, 6) is -1.22. The van der Waals surface area contributed by atoms with Gasteiger partial charge in [-0.1, -0.05) is 6.92 Å². The van der Waals surface area contributed by atoms with Crippen molar-refractivity contribution in [2.45, 2.75) is 25.8 Å². The molecule has 3 N–H and O–H groups in total. The number of hydrogen-bond acceptors (Lipinski definition) is 4. The van der Waals surface area contributed by atoms with Gasteiger partial charge in [-0.2, -0.15) is 0 Å². The molecule has 1 aliphatic rings. The number of rotatable bonds is 6. The van der Waals surface area contributed by atoms with E-state index in [1.165, 1.54) is 0 Å². The van der Waals surface area contributed by atoms with Crippen LogP contribution in [0.1, 0.15) is 19.8 Å². The van der Waals surface area contributed by atoms with Crippen molar-refractivity contribution in [2.75, 3.05) is 32.9 Å². The van der Waals surface area contributed by atoms with E-state index in [0.29, 0.717) is 39.1 Å². The van der Waals surface area contributed by atoms with E-state index in [0.717, 1.165) is 0 Å².